The van der Waals surface area contributed by atoms with Gasteiger partial charge in [-0.1, -0.05) is 18.2 Å². The largest absolute Gasteiger partial charge is 0.497 e. The van der Waals surface area contributed by atoms with Gasteiger partial charge in [-0.3, -0.25) is 0 Å². The Morgan fingerprint density at radius 3 is 2.33 bits per heavy atom. The lowest BCUT2D eigenvalue weighted by molar-refractivity contribution is 0.414. The van der Waals surface area contributed by atoms with Crippen molar-refractivity contribution < 1.29 is 9.47 Å². The number of ether oxygens (including phenoxy) is 2. The molecule has 0 unspecified atom stereocenters. The number of rotatable bonds is 8. The van der Waals surface area contributed by atoms with E-state index in [0.29, 0.717) is 5.82 Å². The second-order valence-corrected chi connectivity index (χ2v) is 6.07. The minimum absolute atomic E-state index is 0.704. The zero-order chi connectivity index (χ0) is 19.1. The van der Waals surface area contributed by atoms with Crippen LogP contribution in [0.25, 0.3) is 0 Å². The molecule has 6 nitrogen and oxygen atoms in total. The molecule has 0 amide bonds. The summed E-state index contributed by atoms with van der Waals surface area (Å²) in [7, 11) is 3.32. The van der Waals surface area contributed by atoms with Crippen molar-refractivity contribution in [2.24, 2.45) is 0 Å². The number of benzene rings is 2. The van der Waals surface area contributed by atoms with Crippen LogP contribution in [0.4, 0.5) is 17.3 Å². The van der Waals surface area contributed by atoms with Gasteiger partial charge >= 0.3 is 0 Å². The zero-order valence-electron chi connectivity index (χ0n) is 15.8. The lowest BCUT2D eigenvalue weighted by Gasteiger charge is -2.11. The summed E-state index contributed by atoms with van der Waals surface area (Å²) in [5.41, 5.74) is 2.15. The topological polar surface area (TPSA) is 68.3 Å². The van der Waals surface area contributed by atoms with Crippen LogP contribution in [-0.4, -0.2) is 30.7 Å². The summed E-state index contributed by atoms with van der Waals surface area (Å²) in [5, 5.41) is 6.66. The predicted octanol–water partition coefficient (Wildman–Crippen LogP) is 4.20. The van der Waals surface area contributed by atoms with E-state index in [1.54, 1.807) is 14.2 Å². The van der Waals surface area contributed by atoms with Crippen LogP contribution in [0.15, 0.2) is 54.6 Å². The molecular weight excluding hydrogens is 340 g/mol. The molecule has 0 saturated carbocycles. The van der Waals surface area contributed by atoms with Crippen molar-refractivity contribution in [1.29, 1.82) is 0 Å². The molecule has 0 aliphatic carbocycles. The van der Waals surface area contributed by atoms with E-state index in [1.807, 2.05) is 49.4 Å². The highest BCUT2D eigenvalue weighted by molar-refractivity contribution is 5.60. The minimum Gasteiger partial charge on any atom is -0.497 e. The summed E-state index contributed by atoms with van der Waals surface area (Å²) in [6, 6.07) is 17.7. The van der Waals surface area contributed by atoms with Crippen LogP contribution in [-0.2, 0) is 6.42 Å². The number of nitrogens with one attached hydrogen (secondary N) is 2. The molecule has 0 fully saturated rings. The average molecular weight is 364 g/mol. The average Bonchev–Trinajstić information content (AvgIpc) is 2.68. The van der Waals surface area contributed by atoms with Crippen molar-refractivity contribution in [3.63, 3.8) is 0 Å². The number of nitrogens with zero attached hydrogens (tertiary/aromatic N) is 2. The maximum Gasteiger partial charge on any atom is 0.136 e. The number of methoxy groups -OCH3 is 2. The van der Waals surface area contributed by atoms with Crippen molar-refractivity contribution in [1.82, 2.24) is 9.97 Å². The van der Waals surface area contributed by atoms with Crippen LogP contribution in [0.2, 0.25) is 0 Å². The third-order valence-corrected chi connectivity index (χ3v) is 4.06. The van der Waals surface area contributed by atoms with E-state index in [1.165, 1.54) is 5.56 Å². The van der Waals surface area contributed by atoms with Crippen LogP contribution in [0, 0.1) is 6.92 Å². The minimum atomic E-state index is 0.704. The van der Waals surface area contributed by atoms with Crippen molar-refractivity contribution in [2.45, 2.75) is 13.3 Å². The molecule has 0 bridgehead atoms. The summed E-state index contributed by atoms with van der Waals surface area (Å²) < 4.78 is 10.4. The van der Waals surface area contributed by atoms with Gasteiger partial charge in [0.2, 0.25) is 0 Å². The van der Waals surface area contributed by atoms with Gasteiger partial charge in [0.15, 0.2) is 0 Å². The molecule has 0 radical (unpaired) electrons. The molecule has 27 heavy (non-hydrogen) atoms. The first-order chi connectivity index (χ1) is 13.2. The van der Waals surface area contributed by atoms with E-state index in [0.717, 1.165) is 41.8 Å². The monoisotopic (exact) mass is 364 g/mol. The maximum absolute atomic E-state index is 5.26. The summed E-state index contributed by atoms with van der Waals surface area (Å²) >= 11 is 0. The molecule has 0 aliphatic heterocycles. The molecule has 0 spiro atoms. The molecular formula is C21H24N4O2. The molecule has 0 saturated heterocycles. The van der Waals surface area contributed by atoms with E-state index < -0.39 is 0 Å². The molecule has 2 aromatic carbocycles. The van der Waals surface area contributed by atoms with Crippen LogP contribution in [0.3, 0.4) is 0 Å². The van der Waals surface area contributed by atoms with Crippen LogP contribution < -0.4 is 20.1 Å². The van der Waals surface area contributed by atoms with Gasteiger partial charge in [0.25, 0.3) is 0 Å². The van der Waals surface area contributed by atoms with E-state index in [2.05, 4.69) is 32.7 Å². The van der Waals surface area contributed by atoms with Crippen molar-refractivity contribution in [3.05, 3.63) is 66.0 Å². The number of aromatic nitrogens is 2. The number of aryl methyl sites for hydroxylation is 1. The van der Waals surface area contributed by atoms with Gasteiger partial charge in [-0.25, -0.2) is 9.97 Å². The maximum atomic E-state index is 5.26. The molecule has 3 aromatic rings. The van der Waals surface area contributed by atoms with E-state index >= 15 is 0 Å². The highest BCUT2D eigenvalue weighted by atomic mass is 16.5. The fraction of sp³-hybridized carbons (Fsp3) is 0.238. The number of hydrogen-bond acceptors (Lipinski definition) is 6. The first-order valence-electron chi connectivity index (χ1n) is 8.80. The van der Waals surface area contributed by atoms with E-state index in [9.17, 15) is 0 Å². The Morgan fingerprint density at radius 2 is 1.59 bits per heavy atom. The van der Waals surface area contributed by atoms with E-state index in [-0.39, 0.29) is 0 Å². The predicted molar refractivity (Wildman–Crippen MR) is 108 cm³/mol. The standard InChI is InChI=1S/C21H24N4O2/c1-15-23-20(22-12-11-16-7-9-18(26-2)10-8-16)14-21(24-15)25-17-5-4-6-19(13-17)27-3/h4-10,13-14H,11-12H2,1-3H3,(H2,22,23,24,25). The molecule has 140 valence electrons. The van der Waals surface area contributed by atoms with Crippen molar-refractivity contribution in [3.8, 4) is 11.5 Å². The quantitative estimate of drug-likeness (QED) is 0.624. The van der Waals surface area contributed by atoms with Gasteiger partial charge < -0.3 is 20.1 Å². The SMILES string of the molecule is COc1ccc(CCNc2cc(Nc3cccc(OC)c3)nc(C)n2)cc1. The fourth-order valence-electron chi connectivity index (χ4n) is 2.70. The summed E-state index contributed by atoms with van der Waals surface area (Å²) in [5.74, 6) is 3.90. The van der Waals surface area contributed by atoms with Crippen LogP contribution >= 0.6 is 0 Å². The Morgan fingerprint density at radius 1 is 0.852 bits per heavy atom. The first kappa shape index (κ1) is 18.5. The Hall–Kier alpha value is -3.28. The fourth-order valence-corrected chi connectivity index (χ4v) is 2.70. The molecule has 6 heteroatoms. The smallest absolute Gasteiger partial charge is 0.136 e. The molecule has 3 rings (SSSR count). The Bertz CT molecular complexity index is 882. The Balaban J connectivity index is 1.62. The van der Waals surface area contributed by atoms with Gasteiger partial charge in [-0.2, -0.15) is 0 Å². The first-order valence-corrected chi connectivity index (χ1v) is 8.80. The van der Waals surface area contributed by atoms with Gasteiger partial charge in [-0.15, -0.1) is 0 Å². The third kappa shape index (κ3) is 5.34. The van der Waals surface area contributed by atoms with E-state index in [4.69, 9.17) is 9.47 Å². The van der Waals surface area contributed by atoms with Gasteiger partial charge in [0, 0.05) is 24.4 Å². The Labute approximate surface area is 159 Å². The van der Waals surface area contributed by atoms with Gasteiger partial charge in [-0.05, 0) is 43.2 Å². The summed E-state index contributed by atoms with van der Waals surface area (Å²) in [6.07, 6.45) is 0.895. The number of anilines is 3. The number of hydrogen-bond donors (Lipinski definition) is 2. The van der Waals surface area contributed by atoms with Crippen LogP contribution in [0.1, 0.15) is 11.4 Å². The molecule has 1 aromatic heterocycles. The normalized spacial score (nSPS) is 10.3. The highest BCUT2D eigenvalue weighted by Crippen LogP contribution is 2.21. The second-order valence-electron chi connectivity index (χ2n) is 6.07. The third-order valence-electron chi connectivity index (χ3n) is 4.06. The molecule has 1 heterocycles. The molecule has 0 aliphatic rings. The molecule has 2 N–H and O–H groups in total. The Kier molecular flexibility index (Phi) is 6.10. The summed E-state index contributed by atoms with van der Waals surface area (Å²) in [6.45, 7) is 2.66. The van der Waals surface area contributed by atoms with Gasteiger partial charge in [0.05, 0.1) is 14.2 Å². The lowest BCUT2D eigenvalue weighted by atomic mass is 10.1. The zero-order valence-corrected chi connectivity index (χ0v) is 15.8. The lowest BCUT2D eigenvalue weighted by Crippen LogP contribution is -2.08. The molecule has 0 atom stereocenters. The summed E-state index contributed by atoms with van der Waals surface area (Å²) in [4.78, 5) is 8.91. The second kappa shape index (κ2) is 8.89. The van der Waals surface area contributed by atoms with Crippen molar-refractivity contribution in [2.75, 3.05) is 31.4 Å². The van der Waals surface area contributed by atoms with Gasteiger partial charge in [0.1, 0.15) is 29.0 Å². The van der Waals surface area contributed by atoms with Crippen LogP contribution in [0.5, 0.6) is 11.5 Å². The highest BCUT2D eigenvalue weighted by Gasteiger charge is 2.04. The van der Waals surface area contributed by atoms with Crippen molar-refractivity contribution >= 4 is 17.3 Å².